The Morgan fingerprint density at radius 2 is 1.79 bits per heavy atom. The smallest absolute Gasteiger partial charge is 0.310 e. The van der Waals surface area contributed by atoms with Crippen LogP contribution in [0, 0.1) is 5.92 Å². The summed E-state index contributed by atoms with van der Waals surface area (Å²) in [5.41, 5.74) is 0.627. The van der Waals surface area contributed by atoms with Crippen LogP contribution >= 0.6 is 0 Å². The SMILES string of the molecule is CCOC(=O)C1CCCN(C(=O)CN(C)S(=O)(=O)C(C)CCN2C(=O)c3ccccc3C2=O)C1. The second-order valence-corrected chi connectivity index (χ2v) is 11.1. The number of esters is 1. The van der Waals surface area contributed by atoms with Crippen molar-refractivity contribution in [1.29, 1.82) is 0 Å². The Hall–Kier alpha value is -2.79. The van der Waals surface area contributed by atoms with Gasteiger partial charge in [-0.3, -0.25) is 24.1 Å². The van der Waals surface area contributed by atoms with Crippen LogP contribution in [0.3, 0.4) is 0 Å². The van der Waals surface area contributed by atoms with Gasteiger partial charge in [0, 0.05) is 26.7 Å². The van der Waals surface area contributed by atoms with Gasteiger partial charge in [0.25, 0.3) is 11.8 Å². The highest BCUT2D eigenvalue weighted by molar-refractivity contribution is 7.89. The van der Waals surface area contributed by atoms with Crippen LogP contribution in [0.2, 0.25) is 0 Å². The maximum Gasteiger partial charge on any atom is 0.310 e. The van der Waals surface area contributed by atoms with Crippen molar-refractivity contribution in [3.8, 4) is 0 Å². The lowest BCUT2D eigenvalue weighted by atomic mass is 9.98. The van der Waals surface area contributed by atoms with Gasteiger partial charge in [0.15, 0.2) is 0 Å². The fourth-order valence-corrected chi connectivity index (χ4v) is 5.55. The van der Waals surface area contributed by atoms with E-state index in [2.05, 4.69) is 0 Å². The standard InChI is InChI=1S/C23H31N3O7S/c1-4-33-23(30)17-8-7-12-25(14-17)20(27)15-24(3)34(31,32)16(2)11-13-26-21(28)18-9-5-6-10-19(18)22(26)29/h5-6,9-10,16-17H,4,7-8,11-15H2,1-3H3. The molecule has 2 heterocycles. The average molecular weight is 494 g/mol. The third kappa shape index (κ3) is 5.30. The molecule has 0 aliphatic carbocycles. The number of sulfonamides is 1. The van der Waals surface area contributed by atoms with Crippen LogP contribution in [0.5, 0.6) is 0 Å². The molecular weight excluding hydrogens is 462 g/mol. The quantitative estimate of drug-likeness (QED) is 0.373. The van der Waals surface area contributed by atoms with E-state index in [-0.39, 0.29) is 44.5 Å². The molecular formula is C23H31N3O7S. The summed E-state index contributed by atoms with van der Waals surface area (Å²) in [5.74, 6) is -2.00. The number of nitrogens with zero attached hydrogens (tertiary/aromatic N) is 3. The highest BCUT2D eigenvalue weighted by Gasteiger charge is 2.37. The number of fused-ring (bicyclic) bond motifs is 1. The van der Waals surface area contributed by atoms with E-state index < -0.39 is 33.0 Å². The summed E-state index contributed by atoms with van der Waals surface area (Å²) in [6.45, 7) is 3.75. The molecule has 2 aliphatic heterocycles. The second kappa shape index (κ2) is 10.6. The van der Waals surface area contributed by atoms with Crippen molar-refractivity contribution >= 4 is 33.7 Å². The van der Waals surface area contributed by atoms with E-state index in [0.29, 0.717) is 30.5 Å². The van der Waals surface area contributed by atoms with Crippen LogP contribution in [0.4, 0.5) is 0 Å². The summed E-state index contributed by atoms with van der Waals surface area (Å²) in [6.07, 6.45) is 1.31. The largest absolute Gasteiger partial charge is 0.466 e. The van der Waals surface area contributed by atoms with Crippen LogP contribution < -0.4 is 0 Å². The number of rotatable bonds is 9. The van der Waals surface area contributed by atoms with Crippen molar-refractivity contribution < 1.29 is 32.3 Å². The van der Waals surface area contributed by atoms with Gasteiger partial charge in [0.2, 0.25) is 15.9 Å². The number of hydrogen-bond acceptors (Lipinski definition) is 7. The van der Waals surface area contributed by atoms with Gasteiger partial charge in [-0.05, 0) is 45.2 Å². The number of ether oxygens (including phenoxy) is 1. The monoisotopic (exact) mass is 493 g/mol. The Morgan fingerprint density at radius 3 is 2.38 bits per heavy atom. The molecule has 0 radical (unpaired) electrons. The first-order valence-corrected chi connectivity index (χ1v) is 12.9. The molecule has 0 spiro atoms. The highest BCUT2D eigenvalue weighted by atomic mass is 32.2. The lowest BCUT2D eigenvalue weighted by Crippen LogP contribution is -2.48. The number of benzene rings is 1. The zero-order valence-corrected chi connectivity index (χ0v) is 20.5. The normalized spacial score (nSPS) is 19.4. The van der Waals surface area contributed by atoms with Crippen molar-refractivity contribution in [2.45, 2.75) is 38.4 Å². The average Bonchev–Trinajstić information content (AvgIpc) is 3.07. The van der Waals surface area contributed by atoms with E-state index in [1.807, 2.05) is 0 Å². The number of carbonyl (C=O) groups excluding carboxylic acids is 4. The molecule has 11 heteroatoms. The van der Waals surface area contributed by atoms with Gasteiger partial charge in [-0.25, -0.2) is 8.42 Å². The van der Waals surface area contributed by atoms with Crippen molar-refractivity contribution in [3.63, 3.8) is 0 Å². The van der Waals surface area contributed by atoms with Crippen molar-refractivity contribution in [2.75, 3.05) is 39.8 Å². The molecule has 0 bridgehead atoms. The molecule has 2 atom stereocenters. The minimum absolute atomic E-state index is 0.0398. The predicted molar refractivity (Wildman–Crippen MR) is 123 cm³/mol. The summed E-state index contributed by atoms with van der Waals surface area (Å²) >= 11 is 0. The van der Waals surface area contributed by atoms with Gasteiger partial charge in [0.05, 0.1) is 35.4 Å². The molecule has 3 rings (SSSR count). The number of amides is 3. The Labute approximate surface area is 199 Å². The molecule has 0 saturated carbocycles. The molecule has 0 aromatic heterocycles. The predicted octanol–water partition coefficient (Wildman–Crippen LogP) is 1.12. The second-order valence-electron chi connectivity index (χ2n) is 8.64. The third-order valence-electron chi connectivity index (χ3n) is 6.33. The van der Waals surface area contributed by atoms with E-state index in [1.54, 1.807) is 31.2 Å². The van der Waals surface area contributed by atoms with Crippen molar-refractivity contribution in [2.24, 2.45) is 5.92 Å². The molecule has 2 aliphatic rings. The van der Waals surface area contributed by atoms with Crippen molar-refractivity contribution in [3.05, 3.63) is 35.4 Å². The minimum Gasteiger partial charge on any atom is -0.466 e. The number of likely N-dealkylation sites (N-methyl/N-ethyl adjacent to an activating group) is 1. The zero-order chi connectivity index (χ0) is 25.0. The molecule has 3 amide bonds. The number of hydrogen-bond donors (Lipinski definition) is 0. The summed E-state index contributed by atoms with van der Waals surface area (Å²) in [4.78, 5) is 52.3. The molecule has 1 fully saturated rings. The van der Waals surface area contributed by atoms with Crippen LogP contribution in [-0.4, -0.2) is 91.3 Å². The van der Waals surface area contributed by atoms with E-state index >= 15 is 0 Å². The van der Waals surface area contributed by atoms with Crippen LogP contribution in [0.1, 0.15) is 53.8 Å². The summed E-state index contributed by atoms with van der Waals surface area (Å²) in [5, 5.41) is -0.914. The number of piperidine rings is 1. The third-order valence-corrected chi connectivity index (χ3v) is 8.58. The van der Waals surface area contributed by atoms with Crippen LogP contribution in [0.15, 0.2) is 24.3 Å². The van der Waals surface area contributed by atoms with E-state index in [4.69, 9.17) is 4.74 Å². The Bertz CT molecular complexity index is 1040. The molecule has 34 heavy (non-hydrogen) atoms. The Balaban J connectivity index is 1.56. The van der Waals surface area contributed by atoms with Gasteiger partial charge in [0.1, 0.15) is 0 Å². The molecule has 1 saturated heterocycles. The van der Waals surface area contributed by atoms with Gasteiger partial charge in [-0.2, -0.15) is 4.31 Å². The summed E-state index contributed by atoms with van der Waals surface area (Å²) < 4.78 is 32.0. The fourth-order valence-electron chi connectivity index (χ4n) is 4.25. The lowest BCUT2D eigenvalue weighted by Gasteiger charge is -2.33. The Kier molecular flexibility index (Phi) is 8.09. The molecule has 0 N–H and O–H groups in total. The zero-order valence-electron chi connectivity index (χ0n) is 19.7. The Morgan fingerprint density at radius 1 is 1.18 bits per heavy atom. The fraction of sp³-hybridized carbons (Fsp3) is 0.565. The highest BCUT2D eigenvalue weighted by Crippen LogP contribution is 2.24. The van der Waals surface area contributed by atoms with Crippen molar-refractivity contribution in [1.82, 2.24) is 14.1 Å². The number of likely N-dealkylation sites (tertiary alicyclic amines) is 1. The van der Waals surface area contributed by atoms with Gasteiger partial charge < -0.3 is 9.64 Å². The first-order chi connectivity index (χ1) is 16.1. The first kappa shape index (κ1) is 25.8. The summed E-state index contributed by atoms with van der Waals surface area (Å²) in [6, 6.07) is 6.48. The maximum atomic E-state index is 13.0. The number of imide groups is 1. The molecule has 1 aromatic rings. The van der Waals surface area contributed by atoms with E-state index in [1.165, 1.54) is 18.9 Å². The van der Waals surface area contributed by atoms with Gasteiger partial charge in [-0.15, -0.1) is 0 Å². The van der Waals surface area contributed by atoms with Gasteiger partial charge in [-0.1, -0.05) is 12.1 Å². The van der Waals surface area contributed by atoms with Gasteiger partial charge >= 0.3 is 5.97 Å². The number of carbonyl (C=O) groups is 4. The van der Waals surface area contributed by atoms with Crippen LogP contribution in [0.25, 0.3) is 0 Å². The topological polar surface area (TPSA) is 121 Å². The van der Waals surface area contributed by atoms with E-state index in [9.17, 15) is 27.6 Å². The van der Waals surface area contributed by atoms with E-state index in [0.717, 1.165) is 9.21 Å². The first-order valence-electron chi connectivity index (χ1n) is 11.4. The molecule has 186 valence electrons. The molecule has 2 unspecified atom stereocenters. The maximum absolute atomic E-state index is 13.0. The molecule has 1 aromatic carbocycles. The lowest BCUT2D eigenvalue weighted by molar-refractivity contribution is -0.151. The summed E-state index contributed by atoms with van der Waals surface area (Å²) in [7, 11) is -2.53. The molecule has 10 nitrogen and oxygen atoms in total. The van der Waals surface area contributed by atoms with Crippen LogP contribution in [-0.2, 0) is 24.3 Å². The minimum atomic E-state index is -3.86.